The van der Waals surface area contributed by atoms with Gasteiger partial charge in [0.2, 0.25) is 6.79 Å². The van der Waals surface area contributed by atoms with Gasteiger partial charge in [0.1, 0.15) is 5.75 Å². The normalized spacial score (nSPS) is 12.8. The van der Waals surface area contributed by atoms with E-state index in [1.54, 1.807) is 0 Å². The topological polar surface area (TPSA) is 51.5 Å². The van der Waals surface area contributed by atoms with Crippen LogP contribution in [0.2, 0.25) is 0 Å². The molecule has 0 atom stereocenters. The Morgan fingerprint density at radius 2 is 2.05 bits per heavy atom. The summed E-state index contributed by atoms with van der Waals surface area (Å²) in [6, 6.07) is 15.4. The molecule has 0 saturated carbocycles. The molecule has 0 radical (unpaired) electrons. The molecule has 0 amide bonds. The van der Waals surface area contributed by atoms with E-state index in [4.69, 9.17) is 14.2 Å². The number of nitrogens with zero attached hydrogens (tertiary/aromatic N) is 1. The maximum absolute atomic E-state index is 9.48. The largest absolute Gasteiger partial charge is 0.493 e. The molecule has 3 rings (SSSR count). The molecule has 1 aliphatic heterocycles. The van der Waals surface area contributed by atoms with Gasteiger partial charge in [-0.1, -0.05) is 18.2 Å². The average molecular weight is 293 g/mol. The standard InChI is InChI=1S/C18H15NO3/c1-2-20-16-6-4-3-5-14(16)9-15(11-19)13-7-8-17-18(10-13)22-12-21-17/h3-10H,2,12H2,1H3/b15-9-. The summed E-state index contributed by atoms with van der Waals surface area (Å²) in [5.41, 5.74) is 2.21. The molecule has 1 aliphatic rings. The first-order valence-electron chi connectivity index (χ1n) is 7.05. The van der Waals surface area contributed by atoms with Crippen LogP contribution in [0.25, 0.3) is 11.6 Å². The Kier molecular flexibility index (Phi) is 3.97. The first kappa shape index (κ1) is 14.0. The second-order valence-corrected chi connectivity index (χ2v) is 4.71. The van der Waals surface area contributed by atoms with Gasteiger partial charge in [-0.05, 0) is 42.8 Å². The number of ether oxygens (including phenoxy) is 3. The quantitative estimate of drug-likeness (QED) is 0.634. The van der Waals surface area contributed by atoms with Crippen LogP contribution in [0, 0.1) is 11.3 Å². The Balaban J connectivity index is 1.99. The van der Waals surface area contributed by atoms with Crippen molar-refractivity contribution in [2.75, 3.05) is 13.4 Å². The van der Waals surface area contributed by atoms with Gasteiger partial charge in [-0.2, -0.15) is 5.26 Å². The molecule has 0 N–H and O–H groups in total. The zero-order valence-electron chi connectivity index (χ0n) is 12.2. The van der Waals surface area contributed by atoms with Crippen molar-refractivity contribution in [2.24, 2.45) is 0 Å². The van der Waals surface area contributed by atoms with Gasteiger partial charge in [-0.3, -0.25) is 0 Å². The van der Waals surface area contributed by atoms with Crippen LogP contribution >= 0.6 is 0 Å². The molecule has 110 valence electrons. The van der Waals surface area contributed by atoms with Gasteiger partial charge in [0.05, 0.1) is 18.2 Å². The SMILES string of the molecule is CCOc1ccccc1/C=C(/C#N)c1ccc2c(c1)OCO2. The average Bonchev–Trinajstić information content (AvgIpc) is 3.02. The third-order valence-corrected chi connectivity index (χ3v) is 3.32. The number of hydrogen-bond donors (Lipinski definition) is 0. The van der Waals surface area contributed by atoms with Crippen LogP contribution in [0.4, 0.5) is 0 Å². The van der Waals surface area contributed by atoms with Crippen LogP contribution in [0.3, 0.4) is 0 Å². The highest BCUT2D eigenvalue weighted by Gasteiger charge is 2.15. The number of para-hydroxylation sites is 1. The van der Waals surface area contributed by atoms with Crippen molar-refractivity contribution < 1.29 is 14.2 Å². The van der Waals surface area contributed by atoms with Gasteiger partial charge in [0.25, 0.3) is 0 Å². The van der Waals surface area contributed by atoms with Crippen LogP contribution < -0.4 is 14.2 Å². The minimum atomic E-state index is 0.220. The zero-order chi connectivity index (χ0) is 15.4. The number of allylic oxidation sites excluding steroid dienone is 1. The van der Waals surface area contributed by atoms with E-state index in [1.165, 1.54) is 0 Å². The van der Waals surface area contributed by atoms with Crippen LogP contribution in [0.15, 0.2) is 42.5 Å². The molecule has 0 aliphatic carbocycles. The van der Waals surface area contributed by atoms with Crippen molar-refractivity contribution in [3.05, 3.63) is 53.6 Å². The summed E-state index contributed by atoms with van der Waals surface area (Å²) in [5.74, 6) is 2.13. The smallest absolute Gasteiger partial charge is 0.231 e. The van der Waals surface area contributed by atoms with E-state index in [0.29, 0.717) is 23.7 Å². The fraction of sp³-hybridized carbons (Fsp3) is 0.167. The van der Waals surface area contributed by atoms with Crippen molar-refractivity contribution in [1.82, 2.24) is 0 Å². The Bertz CT molecular complexity index is 759. The predicted octanol–water partition coefficient (Wildman–Crippen LogP) is 3.88. The molecule has 1 heterocycles. The summed E-state index contributed by atoms with van der Waals surface area (Å²) in [6.07, 6.45) is 1.82. The monoisotopic (exact) mass is 293 g/mol. The third-order valence-electron chi connectivity index (χ3n) is 3.32. The lowest BCUT2D eigenvalue weighted by atomic mass is 10.0. The number of hydrogen-bond acceptors (Lipinski definition) is 4. The molecule has 4 heteroatoms. The highest BCUT2D eigenvalue weighted by molar-refractivity contribution is 5.91. The first-order chi connectivity index (χ1) is 10.8. The van der Waals surface area contributed by atoms with E-state index in [-0.39, 0.29) is 6.79 Å². The molecule has 0 aromatic heterocycles. The Hall–Kier alpha value is -2.93. The van der Waals surface area contributed by atoms with Crippen molar-refractivity contribution in [3.63, 3.8) is 0 Å². The summed E-state index contributed by atoms with van der Waals surface area (Å²) in [4.78, 5) is 0. The van der Waals surface area contributed by atoms with E-state index in [2.05, 4.69) is 6.07 Å². The molecular weight excluding hydrogens is 278 g/mol. The molecule has 0 spiro atoms. The lowest BCUT2D eigenvalue weighted by molar-refractivity contribution is 0.174. The Morgan fingerprint density at radius 1 is 1.23 bits per heavy atom. The summed E-state index contributed by atoms with van der Waals surface area (Å²) < 4.78 is 16.2. The number of nitriles is 1. The van der Waals surface area contributed by atoms with Gasteiger partial charge >= 0.3 is 0 Å². The van der Waals surface area contributed by atoms with Crippen LogP contribution in [0.1, 0.15) is 18.1 Å². The van der Waals surface area contributed by atoms with E-state index in [1.807, 2.05) is 55.5 Å². The third kappa shape index (κ3) is 2.75. The highest BCUT2D eigenvalue weighted by atomic mass is 16.7. The first-order valence-corrected chi connectivity index (χ1v) is 7.05. The number of fused-ring (bicyclic) bond motifs is 1. The summed E-state index contributed by atoms with van der Waals surface area (Å²) in [7, 11) is 0. The summed E-state index contributed by atoms with van der Waals surface area (Å²) >= 11 is 0. The van der Waals surface area contributed by atoms with Crippen molar-refractivity contribution in [3.8, 4) is 23.3 Å². The Morgan fingerprint density at radius 3 is 2.86 bits per heavy atom. The Labute approximate surface area is 129 Å². The van der Waals surface area contributed by atoms with E-state index < -0.39 is 0 Å². The second-order valence-electron chi connectivity index (χ2n) is 4.71. The maximum atomic E-state index is 9.48. The zero-order valence-corrected chi connectivity index (χ0v) is 12.2. The highest BCUT2D eigenvalue weighted by Crippen LogP contribution is 2.35. The fourth-order valence-electron chi connectivity index (χ4n) is 2.29. The molecule has 0 fully saturated rings. The van der Waals surface area contributed by atoms with Crippen molar-refractivity contribution >= 4 is 11.6 Å². The molecular formula is C18H15NO3. The van der Waals surface area contributed by atoms with Gasteiger partial charge in [0, 0.05) is 5.56 Å². The lowest BCUT2D eigenvalue weighted by Crippen LogP contribution is -1.94. The van der Waals surface area contributed by atoms with Crippen LogP contribution in [-0.2, 0) is 0 Å². The fourth-order valence-corrected chi connectivity index (χ4v) is 2.29. The van der Waals surface area contributed by atoms with E-state index in [9.17, 15) is 5.26 Å². The van der Waals surface area contributed by atoms with Gasteiger partial charge in [-0.15, -0.1) is 0 Å². The molecule has 22 heavy (non-hydrogen) atoms. The van der Waals surface area contributed by atoms with E-state index in [0.717, 1.165) is 16.9 Å². The van der Waals surface area contributed by atoms with Gasteiger partial charge in [0.15, 0.2) is 11.5 Å². The molecule has 2 aromatic carbocycles. The summed E-state index contributed by atoms with van der Waals surface area (Å²) in [5, 5.41) is 9.48. The second kappa shape index (κ2) is 6.23. The van der Waals surface area contributed by atoms with Gasteiger partial charge in [-0.25, -0.2) is 0 Å². The van der Waals surface area contributed by atoms with Crippen molar-refractivity contribution in [1.29, 1.82) is 5.26 Å². The van der Waals surface area contributed by atoms with E-state index >= 15 is 0 Å². The lowest BCUT2D eigenvalue weighted by Gasteiger charge is -2.07. The molecule has 0 saturated heterocycles. The molecule has 0 unspecified atom stereocenters. The number of benzene rings is 2. The van der Waals surface area contributed by atoms with Crippen molar-refractivity contribution in [2.45, 2.75) is 6.92 Å². The minimum Gasteiger partial charge on any atom is -0.493 e. The minimum absolute atomic E-state index is 0.220. The maximum Gasteiger partial charge on any atom is 0.231 e. The molecule has 4 nitrogen and oxygen atoms in total. The molecule has 0 bridgehead atoms. The van der Waals surface area contributed by atoms with Gasteiger partial charge < -0.3 is 14.2 Å². The van der Waals surface area contributed by atoms with Crippen LogP contribution in [-0.4, -0.2) is 13.4 Å². The summed E-state index contributed by atoms with van der Waals surface area (Å²) in [6.45, 7) is 2.73. The van der Waals surface area contributed by atoms with Crippen LogP contribution in [0.5, 0.6) is 17.2 Å². The number of rotatable bonds is 4. The predicted molar refractivity (Wildman–Crippen MR) is 83.7 cm³/mol. The molecule has 2 aromatic rings.